The molecular weight excluding hydrogens is 234 g/mol. The minimum atomic E-state index is -0.749. The van der Waals surface area contributed by atoms with Crippen LogP contribution in [-0.4, -0.2) is 38.7 Å². The Kier molecular flexibility index (Phi) is 3.03. The van der Waals surface area contributed by atoms with Gasteiger partial charge < -0.3 is 9.63 Å². The SMILES string of the molecule is O=C(O)C1CCCCN1Cc1noc(C2CC2)n1. The normalized spacial score (nSPS) is 25.2. The van der Waals surface area contributed by atoms with E-state index in [1.807, 2.05) is 4.90 Å². The Bertz CT molecular complexity index is 442. The summed E-state index contributed by atoms with van der Waals surface area (Å²) in [6, 6.07) is -0.401. The van der Waals surface area contributed by atoms with Gasteiger partial charge in [0.1, 0.15) is 6.04 Å². The monoisotopic (exact) mass is 251 g/mol. The fourth-order valence-electron chi connectivity index (χ4n) is 2.47. The number of carbonyl (C=O) groups is 1. The average Bonchev–Trinajstić information content (AvgIpc) is 3.11. The van der Waals surface area contributed by atoms with E-state index in [2.05, 4.69) is 10.1 Å². The molecule has 6 heteroatoms. The van der Waals surface area contributed by atoms with Gasteiger partial charge in [0.25, 0.3) is 0 Å². The Morgan fingerprint density at radius 3 is 2.94 bits per heavy atom. The highest BCUT2D eigenvalue weighted by Gasteiger charge is 2.32. The summed E-state index contributed by atoms with van der Waals surface area (Å²) in [6.45, 7) is 1.28. The van der Waals surface area contributed by atoms with Gasteiger partial charge in [0.2, 0.25) is 5.89 Å². The minimum Gasteiger partial charge on any atom is -0.480 e. The summed E-state index contributed by atoms with van der Waals surface area (Å²) in [5.41, 5.74) is 0. The van der Waals surface area contributed by atoms with E-state index >= 15 is 0 Å². The summed E-state index contributed by atoms with van der Waals surface area (Å²) in [5, 5.41) is 13.1. The molecule has 1 aromatic rings. The molecule has 1 atom stereocenters. The van der Waals surface area contributed by atoms with Gasteiger partial charge in [-0.15, -0.1) is 0 Å². The van der Waals surface area contributed by atoms with Crippen molar-refractivity contribution in [2.45, 2.75) is 50.6 Å². The Morgan fingerprint density at radius 2 is 2.22 bits per heavy atom. The van der Waals surface area contributed by atoms with Crippen LogP contribution in [0.3, 0.4) is 0 Å². The van der Waals surface area contributed by atoms with Crippen LogP contribution in [0, 0.1) is 0 Å². The zero-order chi connectivity index (χ0) is 12.5. The third-order valence-corrected chi connectivity index (χ3v) is 3.65. The molecule has 0 radical (unpaired) electrons. The van der Waals surface area contributed by atoms with Crippen molar-refractivity contribution in [3.8, 4) is 0 Å². The lowest BCUT2D eigenvalue weighted by atomic mass is 10.0. The van der Waals surface area contributed by atoms with Gasteiger partial charge in [-0.1, -0.05) is 11.6 Å². The Hall–Kier alpha value is -1.43. The van der Waals surface area contributed by atoms with Gasteiger partial charge in [0.15, 0.2) is 5.82 Å². The molecule has 0 amide bonds. The first-order chi connectivity index (χ1) is 8.74. The van der Waals surface area contributed by atoms with Crippen LogP contribution in [0.5, 0.6) is 0 Å². The quantitative estimate of drug-likeness (QED) is 0.871. The minimum absolute atomic E-state index is 0.401. The lowest BCUT2D eigenvalue weighted by molar-refractivity contribution is -0.144. The van der Waals surface area contributed by atoms with Gasteiger partial charge in [-0.25, -0.2) is 0 Å². The average molecular weight is 251 g/mol. The van der Waals surface area contributed by atoms with Crippen molar-refractivity contribution in [2.24, 2.45) is 0 Å². The molecule has 0 aromatic carbocycles. The zero-order valence-electron chi connectivity index (χ0n) is 10.2. The molecule has 1 aromatic heterocycles. The number of nitrogens with zero attached hydrogens (tertiary/aromatic N) is 3. The highest BCUT2D eigenvalue weighted by Crippen LogP contribution is 2.38. The second kappa shape index (κ2) is 4.68. The van der Waals surface area contributed by atoms with E-state index in [9.17, 15) is 9.90 Å². The number of piperidine rings is 1. The van der Waals surface area contributed by atoms with E-state index in [-0.39, 0.29) is 0 Å². The number of rotatable bonds is 4. The number of likely N-dealkylation sites (tertiary alicyclic amines) is 1. The largest absolute Gasteiger partial charge is 0.480 e. The summed E-state index contributed by atoms with van der Waals surface area (Å²) in [6.07, 6.45) is 4.99. The Labute approximate surface area is 105 Å². The molecule has 0 spiro atoms. The second-order valence-corrected chi connectivity index (χ2v) is 5.14. The third kappa shape index (κ3) is 2.38. The van der Waals surface area contributed by atoms with Crippen molar-refractivity contribution in [3.05, 3.63) is 11.7 Å². The number of carboxylic acid groups (broad SMARTS) is 1. The summed E-state index contributed by atoms with van der Waals surface area (Å²) in [4.78, 5) is 17.5. The number of hydrogen-bond acceptors (Lipinski definition) is 5. The summed E-state index contributed by atoms with van der Waals surface area (Å²) in [7, 11) is 0. The molecule has 1 saturated carbocycles. The molecule has 18 heavy (non-hydrogen) atoms. The molecular formula is C12H17N3O3. The van der Waals surface area contributed by atoms with Crippen LogP contribution in [0.1, 0.15) is 49.7 Å². The Morgan fingerprint density at radius 1 is 1.39 bits per heavy atom. The van der Waals surface area contributed by atoms with Crippen LogP contribution in [0.15, 0.2) is 4.52 Å². The van der Waals surface area contributed by atoms with Crippen molar-refractivity contribution in [2.75, 3.05) is 6.54 Å². The van der Waals surface area contributed by atoms with Gasteiger partial charge in [-0.2, -0.15) is 4.98 Å². The van der Waals surface area contributed by atoms with Gasteiger partial charge in [0, 0.05) is 5.92 Å². The van der Waals surface area contributed by atoms with Crippen LogP contribution in [-0.2, 0) is 11.3 Å². The summed E-state index contributed by atoms with van der Waals surface area (Å²) >= 11 is 0. The molecule has 1 saturated heterocycles. The molecule has 1 aliphatic carbocycles. The van der Waals surface area contributed by atoms with Gasteiger partial charge in [-0.3, -0.25) is 9.69 Å². The molecule has 3 rings (SSSR count). The first kappa shape index (κ1) is 11.6. The van der Waals surface area contributed by atoms with Crippen LogP contribution >= 0.6 is 0 Å². The highest BCUT2D eigenvalue weighted by atomic mass is 16.5. The van der Waals surface area contributed by atoms with E-state index < -0.39 is 12.0 Å². The first-order valence-corrected chi connectivity index (χ1v) is 6.53. The van der Waals surface area contributed by atoms with Gasteiger partial charge in [0.05, 0.1) is 6.54 Å². The smallest absolute Gasteiger partial charge is 0.320 e. The van der Waals surface area contributed by atoms with Crippen molar-refractivity contribution in [3.63, 3.8) is 0 Å². The van der Waals surface area contributed by atoms with Gasteiger partial charge >= 0.3 is 5.97 Å². The maximum absolute atomic E-state index is 11.2. The predicted molar refractivity (Wildman–Crippen MR) is 62.0 cm³/mol. The molecule has 98 valence electrons. The number of carboxylic acids is 1. The maximum atomic E-state index is 11.2. The predicted octanol–water partition coefficient (Wildman–Crippen LogP) is 1.39. The van der Waals surface area contributed by atoms with E-state index in [1.54, 1.807) is 0 Å². The third-order valence-electron chi connectivity index (χ3n) is 3.65. The molecule has 0 bridgehead atoms. The zero-order valence-corrected chi connectivity index (χ0v) is 10.2. The Balaban J connectivity index is 1.67. The molecule has 2 heterocycles. The number of aliphatic carboxylic acids is 1. The van der Waals surface area contributed by atoms with Crippen molar-refractivity contribution in [1.29, 1.82) is 0 Å². The van der Waals surface area contributed by atoms with Crippen LogP contribution < -0.4 is 0 Å². The highest BCUT2D eigenvalue weighted by molar-refractivity contribution is 5.73. The van der Waals surface area contributed by atoms with Crippen molar-refractivity contribution in [1.82, 2.24) is 15.0 Å². The van der Waals surface area contributed by atoms with Crippen LogP contribution in [0.25, 0.3) is 0 Å². The van der Waals surface area contributed by atoms with E-state index in [0.29, 0.717) is 30.6 Å². The van der Waals surface area contributed by atoms with Crippen LogP contribution in [0.4, 0.5) is 0 Å². The van der Waals surface area contributed by atoms with E-state index in [0.717, 1.165) is 32.2 Å². The van der Waals surface area contributed by atoms with Crippen LogP contribution in [0.2, 0.25) is 0 Å². The lowest BCUT2D eigenvalue weighted by Gasteiger charge is -2.31. The fourth-order valence-corrected chi connectivity index (χ4v) is 2.47. The lowest BCUT2D eigenvalue weighted by Crippen LogP contribution is -2.44. The second-order valence-electron chi connectivity index (χ2n) is 5.14. The number of hydrogen-bond donors (Lipinski definition) is 1. The molecule has 6 nitrogen and oxygen atoms in total. The number of aromatic nitrogens is 2. The van der Waals surface area contributed by atoms with E-state index in [1.165, 1.54) is 0 Å². The molecule has 2 aliphatic rings. The van der Waals surface area contributed by atoms with E-state index in [4.69, 9.17) is 4.52 Å². The summed E-state index contributed by atoms with van der Waals surface area (Å²) in [5.74, 6) is 1.03. The van der Waals surface area contributed by atoms with Gasteiger partial charge in [-0.05, 0) is 32.2 Å². The molecule has 1 aliphatic heterocycles. The fraction of sp³-hybridized carbons (Fsp3) is 0.750. The first-order valence-electron chi connectivity index (χ1n) is 6.53. The molecule has 1 N–H and O–H groups in total. The maximum Gasteiger partial charge on any atom is 0.320 e. The molecule has 1 unspecified atom stereocenters. The summed E-state index contributed by atoms with van der Waals surface area (Å²) < 4.78 is 5.19. The van der Waals surface area contributed by atoms with Crippen molar-refractivity contribution >= 4 is 5.97 Å². The topological polar surface area (TPSA) is 79.5 Å². The molecule has 2 fully saturated rings. The standard InChI is InChI=1S/C12H17N3O3/c16-12(17)9-3-1-2-6-15(9)7-10-13-11(18-14-10)8-4-5-8/h8-9H,1-7H2,(H,16,17). The van der Waals surface area contributed by atoms with Crippen molar-refractivity contribution < 1.29 is 14.4 Å².